The molecule has 0 saturated heterocycles. The Morgan fingerprint density at radius 2 is 1.90 bits per heavy atom. The molecule has 0 aliphatic rings. The first-order chi connectivity index (χ1) is 10.0. The molecule has 0 bridgehead atoms. The molecule has 21 heavy (non-hydrogen) atoms. The predicted molar refractivity (Wildman–Crippen MR) is 90.0 cm³/mol. The van der Waals surface area contributed by atoms with Crippen LogP contribution in [0.1, 0.15) is 42.2 Å². The molecule has 0 aromatic heterocycles. The number of aliphatic hydroxyl groups excluding tert-OH is 1. The molecule has 0 amide bonds. The highest BCUT2D eigenvalue weighted by molar-refractivity contribution is 5.69. The average molecular weight is 281 g/mol. The Kier molecular flexibility index (Phi) is 4.81. The Morgan fingerprint density at radius 3 is 2.57 bits per heavy atom. The minimum atomic E-state index is -0.601. The number of hydrogen-bond donors (Lipinski definition) is 2. The number of anilines is 1. The van der Waals surface area contributed by atoms with E-state index in [1.807, 2.05) is 62.4 Å². The summed E-state index contributed by atoms with van der Waals surface area (Å²) in [5.74, 6) is 0. The van der Waals surface area contributed by atoms with Gasteiger partial charge in [-0.1, -0.05) is 55.5 Å². The molecular weight excluding hydrogens is 258 g/mol. The van der Waals surface area contributed by atoms with E-state index in [2.05, 4.69) is 6.92 Å². The van der Waals surface area contributed by atoms with Gasteiger partial charge in [0.15, 0.2) is 0 Å². The van der Waals surface area contributed by atoms with Crippen molar-refractivity contribution in [3.63, 3.8) is 0 Å². The van der Waals surface area contributed by atoms with Gasteiger partial charge in [0, 0.05) is 5.69 Å². The van der Waals surface area contributed by atoms with E-state index in [0.717, 1.165) is 39.9 Å². The average Bonchev–Trinajstić information content (AvgIpc) is 2.49. The van der Waals surface area contributed by atoms with Gasteiger partial charge in [0.2, 0.25) is 0 Å². The second-order valence-corrected chi connectivity index (χ2v) is 5.42. The van der Waals surface area contributed by atoms with Gasteiger partial charge in [0.1, 0.15) is 6.10 Å². The predicted octanol–water partition coefficient (Wildman–Crippen LogP) is 4.28. The number of nitrogens with two attached hydrogens (primary N) is 1. The third kappa shape index (κ3) is 3.34. The van der Waals surface area contributed by atoms with E-state index in [4.69, 9.17) is 5.73 Å². The van der Waals surface area contributed by atoms with Crippen LogP contribution in [-0.4, -0.2) is 5.11 Å². The van der Waals surface area contributed by atoms with Crippen molar-refractivity contribution < 1.29 is 5.11 Å². The Hall–Kier alpha value is -2.06. The summed E-state index contributed by atoms with van der Waals surface area (Å²) in [7, 11) is 0. The van der Waals surface area contributed by atoms with Crippen LogP contribution in [0.3, 0.4) is 0 Å². The summed E-state index contributed by atoms with van der Waals surface area (Å²) in [5, 5.41) is 10.5. The number of rotatable bonds is 4. The maximum Gasteiger partial charge on any atom is 0.100 e. The topological polar surface area (TPSA) is 46.2 Å². The fourth-order valence-electron chi connectivity index (χ4n) is 2.53. The van der Waals surface area contributed by atoms with E-state index >= 15 is 0 Å². The molecule has 0 aliphatic carbocycles. The lowest BCUT2D eigenvalue weighted by molar-refractivity contribution is 0.216. The Morgan fingerprint density at radius 1 is 1.19 bits per heavy atom. The Labute approximate surface area is 126 Å². The molecule has 1 unspecified atom stereocenters. The van der Waals surface area contributed by atoms with E-state index < -0.39 is 6.10 Å². The minimum absolute atomic E-state index is 0.601. The molecule has 2 heteroatoms. The molecule has 0 aliphatic heterocycles. The van der Waals surface area contributed by atoms with Crippen LogP contribution < -0.4 is 5.73 Å². The zero-order valence-electron chi connectivity index (χ0n) is 12.9. The van der Waals surface area contributed by atoms with Crippen molar-refractivity contribution in [2.75, 3.05) is 5.73 Å². The van der Waals surface area contributed by atoms with E-state index in [0.29, 0.717) is 0 Å². The van der Waals surface area contributed by atoms with Crippen molar-refractivity contribution >= 4 is 11.8 Å². The van der Waals surface area contributed by atoms with E-state index in [9.17, 15) is 5.11 Å². The maximum atomic E-state index is 10.5. The van der Waals surface area contributed by atoms with Crippen LogP contribution in [0.15, 0.2) is 48.0 Å². The monoisotopic (exact) mass is 281 g/mol. The summed E-state index contributed by atoms with van der Waals surface area (Å²) in [6.45, 7) is 6.04. The molecule has 2 aromatic carbocycles. The van der Waals surface area contributed by atoms with Gasteiger partial charge in [-0.2, -0.15) is 0 Å². The molecular formula is C19H23NO. The zero-order valence-corrected chi connectivity index (χ0v) is 12.9. The number of nitrogen functional groups attached to an aromatic ring is 1. The summed E-state index contributed by atoms with van der Waals surface area (Å²) in [6.07, 6.45) is 2.29. The van der Waals surface area contributed by atoms with Crippen LogP contribution in [0, 0.1) is 6.92 Å². The van der Waals surface area contributed by atoms with Gasteiger partial charge < -0.3 is 10.8 Å². The highest BCUT2D eigenvalue weighted by Crippen LogP contribution is 2.28. The molecule has 0 radical (unpaired) electrons. The summed E-state index contributed by atoms with van der Waals surface area (Å²) in [4.78, 5) is 0. The molecule has 110 valence electrons. The van der Waals surface area contributed by atoms with Crippen molar-refractivity contribution in [1.82, 2.24) is 0 Å². The second-order valence-electron chi connectivity index (χ2n) is 5.42. The van der Waals surface area contributed by atoms with Gasteiger partial charge in [-0.05, 0) is 48.1 Å². The van der Waals surface area contributed by atoms with Crippen molar-refractivity contribution in [2.45, 2.75) is 33.3 Å². The van der Waals surface area contributed by atoms with Gasteiger partial charge in [-0.3, -0.25) is 0 Å². The number of benzene rings is 2. The first-order valence-corrected chi connectivity index (χ1v) is 7.33. The normalized spacial score (nSPS) is 13.2. The highest BCUT2D eigenvalue weighted by Gasteiger charge is 2.12. The molecule has 0 saturated carbocycles. The van der Waals surface area contributed by atoms with E-state index in [1.165, 1.54) is 0 Å². The van der Waals surface area contributed by atoms with Gasteiger partial charge in [0.25, 0.3) is 0 Å². The standard InChI is InChI=1S/C19H23NO/c1-4-15-9-7-10-16(18(15)20)12-14(3)19(21)17-11-6-5-8-13(17)2/h5-12,19,21H,4,20H2,1-3H3/b14-12+. The number of para-hydroxylation sites is 1. The molecule has 1 atom stereocenters. The summed E-state index contributed by atoms with van der Waals surface area (Å²) >= 11 is 0. The lowest BCUT2D eigenvalue weighted by Crippen LogP contribution is -2.02. The van der Waals surface area contributed by atoms with Gasteiger partial charge in [0.05, 0.1) is 0 Å². The van der Waals surface area contributed by atoms with Crippen LogP contribution >= 0.6 is 0 Å². The third-order valence-electron chi connectivity index (χ3n) is 3.91. The Balaban J connectivity index is 2.35. The van der Waals surface area contributed by atoms with Gasteiger partial charge in [-0.25, -0.2) is 0 Å². The number of aliphatic hydroxyl groups is 1. The molecule has 0 spiro atoms. The van der Waals surface area contributed by atoms with Crippen LogP contribution in [0.2, 0.25) is 0 Å². The second kappa shape index (κ2) is 6.59. The van der Waals surface area contributed by atoms with Crippen LogP contribution in [0.4, 0.5) is 5.69 Å². The van der Waals surface area contributed by atoms with Crippen molar-refractivity contribution in [3.05, 3.63) is 70.3 Å². The zero-order chi connectivity index (χ0) is 15.4. The van der Waals surface area contributed by atoms with Crippen molar-refractivity contribution in [3.8, 4) is 0 Å². The van der Waals surface area contributed by atoms with Gasteiger partial charge >= 0.3 is 0 Å². The third-order valence-corrected chi connectivity index (χ3v) is 3.91. The molecule has 0 fully saturated rings. The largest absolute Gasteiger partial charge is 0.398 e. The lowest BCUT2D eigenvalue weighted by atomic mass is 9.96. The van der Waals surface area contributed by atoms with Crippen LogP contribution in [0.25, 0.3) is 6.08 Å². The smallest absolute Gasteiger partial charge is 0.100 e. The fourth-order valence-corrected chi connectivity index (χ4v) is 2.53. The van der Waals surface area contributed by atoms with Crippen molar-refractivity contribution in [2.24, 2.45) is 0 Å². The van der Waals surface area contributed by atoms with Crippen LogP contribution in [-0.2, 0) is 6.42 Å². The lowest BCUT2D eigenvalue weighted by Gasteiger charge is -2.15. The van der Waals surface area contributed by atoms with E-state index in [-0.39, 0.29) is 0 Å². The molecule has 2 aromatic rings. The highest BCUT2D eigenvalue weighted by atomic mass is 16.3. The van der Waals surface area contributed by atoms with Gasteiger partial charge in [-0.15, -0.1) is 0 Å². The summed E-state index contributed by atoms with van der Waals surface area (Å²) in [6, 6.07) is 13.9. The summed E-state index contributed by atoms with van der Waals surface area (Å²) in [5.41, 5.74) is 12.0. The maximum absolute atomic E-state index is 10.5. The molecule has 0 heterocycles. The SMILES string of the molecule is CCc1cccc(/C=C(\C)C(O)c2ccccc2C)c1N. The number of aryl methyl sites for hydroxylation is 2. The molecule has 2 nitrogen and oxygen atoms in total. The number of hydrogen-bond acceptors (Lipinski definition) is 2. The van der Waals surface area contributed by atoms with Crippen molar-refractivity contribution in [1.29, 1.82) is 0 Å². The first-order valence-electron chi connectivity index (χ1n) is 7.33. The first kappa shape index (κ1) is 15.3. The quantitative estimate of drug-likeness (QED) is 0.822. The fraction of sp³-hybridized carbons (Fsp3) is 0.263. The van der Waals surface area contributed by atoms with Crippen LogP contribution in [0.5, 0.6) is 0 Å². The van der Waals surface area contributed by atoms with E-state index in [1.54, 1.807) is 0 Å². The summed E-state index contributed by atoms with van der Waals surface area (Å²) < 4.78 is 0. The Bertz CT molecular complexity index is 658. The minimum Gasteiger partial charge on any atom is -0.398 e. The molecule has 2 rings (SSSR count). The molecule has 3 N–H and O–H groups in total.